The van der Waals surface area contributed by atoms with Crippen LogP contribution in [0.4, 0.5) is 4.39 Å². The van der Waals surface area contributed by atoms with Crippen molar-refractivity contribution < 1.29 is 26.0 Å². The molecule has 2 aromatic rings. The Morgan fingerprint density at radius 1 is 1.03 bits per heavy atom. The molecular weight excluding hydrogens is 443 g/mol. The molecule has 29 heavy (non-hydrogen) atoms. The lowest BCUT2D eigenvalue weighted by molar-refractivity contribution is 0.479. The number of sulfonamides is 1. The molecule has 11 heteroatoms. The Kier molecular flexibility index (Phi) is 8.79. The van der Waals surface area contributed by atoms with E-state index in [-0.39, 0.29) is 34.5 Å². The van der Waals surface area contributed by atoms with Crippen molar-refractivity contribution in [1.82, 2.24) is 4.31 Å². The maximum atomic E-state index is 13.5. The largest absolute Gasteiger partial charge is 0.457 e. The van der Waals surface area contributed by atoms with Gasteiger partial charge < -0.3 is 10.5 Å². The van der Waals surface area contributed by atoms with E-state index in [0.717, 1.165) is 10.4 Å². The monoisotopic (exact) mass is 464 g/mol. The Hall–Kier alpha value is -1.98. The molecular formula is C18H22ClFN2O5S2. The summed E-state index contributed by atoms with van der Waals surface area (Å²) >= 11 is 0. The van der Waals surface area contributed by atoms with Crippen LogP contribution in [0.1, 0.15) is 0 Å². The predicted octanol–water partition coefficient (Wildman–Crippen LogP) is 2.74. The minimum absolute atomic E-state index is 0. The van der Waals surface area contributed by atoms with Crippen molar-refractivity contribution in [2.45, 2.75) is 9.79 Å². The third kappa shape index (κ3) is 6.51. The Bertz CT molecular complexity index is 1070. The summed E-state index contributed by atoms with van der Waals surface area (Å²) in [5.41, 5.74) is 5.18. The molecule has 2 rings (SSSR count). The van der Waals surface area contributed by atoms with Gasteiger partial charge in [0.05, 0.1) is 9.79 Å². The highest BCUT2D eigenvalue weighted by atomic mass is 35.5. The average Bonchev–Trinajstić information content (AvgIpc) is 2.62. The number of halogens is 2. The molecule has 0 bridgehead atoms. The second kappa shape index (κ2) is 10.2. The first kappa shape index (κ1) is 25.1. The van der Waals surface area contributed by atoms with Gasteiger partial charge in [-0.2, -0.15) is 0 Å². The van der Waals surface area contributed by atoms with Crippen LogP contribution in [0.15, 0.2) is 70.2 Å². The standard InChI is InChI=1S/C18H21FN2O5S2.ClH/c1-21(2)28(24,25)17-8-6-15(7-9-17)26-16-4-3-5-18(12-16)27(22,23)13-14(19)10-11-20;/h3-10,12H,11,13,20H2,1-2H3;1H. The molecule has 0 radical (unpaired) electrons. The fourth-order valence-electron chi connectivity index (χ4n) is 2.21. The summed E-state index contributed by atoms with van der Waals surface area (Å²) in [7, 11) is -4.60. The minimum atomic E-state index is -3.90. The highest BCUT2D eigenvalue weighted by Gasteiger charge is 2.19. The normalized spacial score (nSPS) is 12.5. The molecule has 0 amide bonds. The third-order valence-electron chi connectivity index (χ3n) is 3.67. The molecule has 160 valence electrons. The van der Waals surface area contributed by atoms with Gasteiger partial charge in [0.2, 0.25) is 10.0 Å². The van der Waals surface area contributed by atoms with Crippen LogP contribution in [0.2, 0.25) is 0 Å². The Morgan fingerprint density at radius 2 is 1.66 bits per heavy atom. The number of sulfone groups is 1. The van der Waals surface area contributed by atoms with Crippen LogP contribution in [-0.2, 0) is 19.9 Å². The molecule has 0 spiro atoms. The van der Waals surface area contributed by atoms with Gasteiger partial charge in [0.25, 0.3) is 0 Å². The SMILES string of the molecule is CN(C)S(=O)(=O)c1ccc(Oc2cccc(S(=O)(=O)CC(F)=CCN)c2)cc1.Cl. The van der Waals surface area contributed by atoms with E-state index in [2.05, 4.69) is 0 Å². The smallest absolute Gasteiger partial charge is 0.242 e. The van der Waals surface area contributed by atoms with E-state index in [4.69, 9.17) is 10.5 Å². The van der Waals surface area contributed by atoms with Crippen molar-refractivity contribution >= 4 is 32.3 Å². The molecule has 0 fully saturated rings. The quantitative estimate of drug-likeness (QED) is 0.643. The number of nitrogens with zero attached hydrogens (tertiary/aromatic N) is 1. The first-order valence-corrected chi connectivity index (χ1v) is 11.2. The van der Waals surface area contributed by atoms with Crippen LogP contribution in [-0.4, -0.2) is 47.5 Å². The molecule has 2 N–H and O–H groups in total. The second-order valence-corrected chi connectivity index (χ2v) is 10.1. The topological polar surface area (TPSA) is 107 Å². The Morgan fingerprint density at radius 3 is 2.21 bits per heavy atom. The Balaban J connectivity index is 0.00000420. The van der Waals surface area contributed by atoms with Gasteiger partial charge in [0.15, 0.2) is 9.84 Å². The molecule has 0 aliphatic rings. The predicted molar refractivity (Wildman–Crippen MR) is 111 cm³/mol. The maximum Gasteiger partial charge on any atom is 0.242 e. The first-order chi connectivity index (χ1) is 13.1. The van der Waals surface area contributed by atoms with Gasteiger partial charge in [-0.15, -0.1) is 12.4 Å². The molecule has 7 nitrogen and oxygen atoms in total. The fourth-order valence-corrected chi connectivity index (χ4v) is 4.34. The molecule has 0 aliphatic heterocycles. The zero-order valence-electron chi connectivity index (χ0n) is 15.8. The van der Waals surface area contributed by atoms with Gasteiger partial charge in [-0.25, -0.2) is 25.5 Å². The van der Waals surface area contributed by atoms with E-state index in [1.165, 1.54) is 62.6 Å². The molecule has 2 aromatic carbocycles. The number of hydrogen-bond acceptors (Lipinski definition) is 6. The van der Waals surface area contributed by atoms with E-state index in [1.54, 1.807) is 0 Å². The first-order valence-electron chi connectivity index (χ1n) is 8.14. The zero-order valence-corrected chi connectivity index (χ0v) is 18.2. The lowest BCUT2D eigenvalue weighted by atomic mass is 10.3. The van der Waals surface area contributed by atoms with Crippen molar-refractivity contribution in [1.29, 1.82) is 0 Å². The Labute approximate surface area is 176 Å². The molecule has 0 unspecified atom stereocenters. The minimum Gasteiger partial charge on any atom is -0.457 e. The van der Waals surface area contributed by atoms with Crippen LogP contribution in [0, 0.1) is 0 Å². The van der Waals surface area contributed by atoms with Crippen molar-refractivity contribution in [3.8, 4) is 11.5 Å². The van der Waals surface area contributed by atoms with Gasteiger partial charge in [-0.1, -0.05) is 6.07 Å². The lowest BCUT2D eigenvalue weighted by Crippen LogP contribution is -2.22. The summed E-state index contributed by atoms with van der Waals surface area (Å²) in [5, 5.41) is 0. The highest BCUT2D eigenvalue weighted by Crippen LogP contribution is 2.26. The lowest BCUT2D eigenvalue weighted by Gasteiger charge is -2.12. The van der Waals surface area contributed by atoms with Crippen molar-refractivity contribution in [3.63, 3.8) is 0 Å². The van der Waals surface area contributed by atoms with E-state index in [0.29, 0.717) is 5.75 Å². The van der Waals surface area contributed by atoms with Gasteiger partial charge >= 0.3 is 0 Å². The van der Waals surface area contributed by atoms with Gasteiger partial charge in [0, 0.05) is 20.6 Å². The third-order valence-corrected chi connectivity index (χ3v) is 7.13. The van der Waals surface area contributed by atoms with E-state index < -0.39 is 31.4 Å². The van der Waals surface area contributed by atoms with E-state index in [9.17, 15) is 21.2 Å². The molecule has 0 atom stereocenters. The number of ether oxygens (including phenoxy) is 1. The van der Waals surface area contributed by atoms with Gasteiger partial charge in [-0.05, 0) is 48.5 Å². The van der Waals surface area contributed by atoms with Crippen LogP contribution in [0.25, 0.3) is 0 Å². The van der Waals surface area contributed by atoms with Crippen LogP contribution in [0.3, 0.4) is 0 Å². The zero-order chi connectivity index (χ0) is 20.9. The number of hydrogen-bond donors (Lipinski definition) is 1. The summed E-state index contributed by atoms with van der Waals surface area (Å²) in [6, 6.07) is 11.3. The second-order valence-electron chi connectivity index (χ2n) is 5.98. The van der Waals surface area contributed by atoms with Crippen LogP contribution in [0.5, 0.6) is 11.5 Å². The van der Waals surface area contributed by atoms with Crippen LogP contribution < -0.4 is 10.5 Å². The van der Waals surface area contributed by atoms with E-state index >= 15 is 0 Å². The summed E-state index contributed by atoms with van der Waals surface area (Å²) in [6.07, 6.45) is 1.00. The summed E-state index contributed by atoms with van der Waals surface area (Å²) in [5.74, 6) is -1.08. The molecule has 0 aromatic heterocycles. The highest BCUT2D eigenvalue weighted by molar-refractivity contribution is 7.91. The number of benzene rings is 2. The summed E-state index contributed by atoms with van der Waals surface area (Å²) in [6.45, 7) is -0.0932. The van der Waals surface area contributed by atoms with Crippen molar-refractivity contribution in [2.24, 2.45) is 5.73 Å². The van der Waals surface area contributed by atoms with Crippen molar-refractivity contribution in [2.75, 3.05) is 26.4 Å². The number of nitrogens with two attached hydrogens (primary N) is 1. The van der Waals surface area contributed by atoms with Crippen LogP contribution >= 0.6 is 12.4 Å². The number of rotatable bonds is 8. The summed E-state index contributed by atoms with van der Waals surface area (Å²) in [4.78, 5) is 0.000668. The van der Waals surface area contributed by atoms with Crippen molar-refractivity contribution in [3.05, 3.63) is 60.4 Å². The van der Waals surface area contributed by atoms with Gasteiger partial charge in [0.1, 0.15) is 23.1 Å². The van der Waals surface area contributed by atoms with E-state index in [1.807, 2.05) is 0 Å². The molecule has 0 aliphatic carbocycles. The van der Waals surface area contributed by atoms with Gasteiger partial charge in [-0.3, -0.25) is 0 Å². The average molecular weight is 465 g/mol. The maximum absolute atomic E-state index is 13.5. The molecule has 0 saturated carbocycles. The fraction of sp³-hybridized carbons (Fsp3) is 0.222. The summed E-state index contributed by atoms with van der Waals surface area (Å²) < 4.78 is 68.9. The molecule has 0 heterocycles. The molecule has 0 saturated heterocycles.